The molecular formula is C58H49IrN3P2S2-2. The molecule has 8 heteroatoms. The maximum atomic E-state index is 6.44. The Kier molecular flexibility index (Phi) is 14.5. The number of hydrogen-bond donors (Lipinski definition) is 1. The molecule has 1 aliphatic rings. The van der Waals surface area contributed by atoms with E-state index in [1.165, 1.54) is 44.5 Å². The molecule has 1 radical (unpaired) electrons. The molecule has 1 atom stereocenters. The number of fused-ring (bicyclic) bond motifs is 3. The first-order valence-electron chi connectivity index (χ1n) is 21.8. The van der Waals surface area contributed by atoms with Gasteiger partial charge in [0, 0.05) is 32.0 Å². The normalized spacial score (nSPS) is 14.0. The summed E-state index contributed by atoms with van der Waals surface area (Å²) in [4.78, 5) is 14.2. The summed E-state index contributed by atoms with van der Waals surface area (Å²) in [5.41, 5.74) is 14.0. The van der Waals surface area contributed by atoms with Crippen LogP contribution in [0.15, 0.2) is 200 Å². The van der Waals surface area contributed by atoms with Gasteiger partial charge in [-0.15, -0.1) is 46.0 Å². The molecule has 0 fully saturated rings. The Balaban J connectivity index is 0.000000181. The quantitative estimate of drug-likeness (QED) is 0.0886. The molecule has 1 aliphatic carbocycles. The summed E-state index contributed by atoms with van der Waals surface area (Å²) in [5.74, 6) is 0. The van der Waals surface area contributed by atoms with Crippen LogP contribution in [0.4, 0.5) is 0 Å². The van der Waals surface area contributed by atoms with Crippen molar-refractivity contribution in [3.05, 3.63) is 263 Å². The summed E-state index contributed by atoms with van der Waals surface area (Å²) in [6, 6.07) is 74.6. The van der Waals surface area contributed by atoms with Gasteiger partial charge in [0.15, 0.2) is 0 Å². The zero-order valence-electron chi connectivity index (χ0n) is 37.5. The summed E-state index contributed by atoms with van der Waals surface area (Å²) in [6.07, 6.45) is 1.91. The Labute approximate surface area is 416 Å². The van der Waals surface area contributed by atoms with Crippen LogP contribution in [0.5, 0.6) is 0 Å². The fraction of sp³-hybridized carbons (Fsp3) is 0.103. The van der Waals surface area contributed by atoms with Crippen LogP contribution in [0.2, 0.25) is 0 Å². The van der Waals surface area contributed by atoms with Crippen molar-refractivity contribution in [3.63, 3.8) is 0 Å². The van der Waals surface area contributed by atoms with Crippen molar-refractivity contribution >= 4 is 58.9 Å². The van der Waals surface area contributed by atoms with Crippen LogP contribution in [0, 0.1) is 46.8 Å². The monoisotopic (exact) mass is 1110 g/mol. The van der Waals surface area contributed by atoms with E-state index >= 15 is 0 Å². The second-order valence-corrected chi connectivity index (χ2v) is 25.4. The first kappa shape index (κ1) is 47.5. The smallest absolute Gasteiger partial charge is 0.0987 e. The van der Waals surface area contributed by atoms with Crippen LogP contribution in [-0.4, -0.2) is 9.97 Å². The number of nitrogens with zero attached hydrogens (tertiary/aromatic N) is 2. The number of nitrogens with one attached hydrogen (secondary N) is 1. The molecule has 2 heterocycles. The number of aryl methyl sites for hydroxylation is 5. The Hall–Kier alpha value is -4.99. The second-order valence-electron chi connectivity index (χ2n) is 16.8. The number of aromatic nitrogens is 2. The van der Waals surface area contributed by atoms with Crippen LogP contribution in [0.25, 0.3) is 22.4 Å². The van der Waals surface area contributed by atoms with Crippen LogP contribution in [-0.2, 0) is 50.0 Å². The largest absolute Gasteiger partial charge is 0.523 e. The Morgan fingerprint density at radius 3 is 1.52 bits per heavy atom. The van der Waals surface area contributed by atoms with Crippen LogP contribution < -0.4 is 26.1 Å². The van der Waals surface area contributed by atoms with E-state index in [-0.39, 0.29) is 20.1 Å². The third-order valence-electron chi connectivity index (χ3n) is 12.1. The number of benzene rings is 7. The molecule has 0 unspecified atom stereocenters. The first-order valence-corrected chi connectivity index (χ1v) is 27.4. The van der Waals surface area contributed by atoms with Crippen molar-refractivity contribution in [2.24, 2.45) is 0 Å². The first-order chi connectivity index (χ1) is 31.5. The molecule has 0 aliphatic heterocycles. The number of hydrogen-bond acceptors (Lipinski definition) is 5. The van der Waals surface area contributed by atoms with Gasteiger partial charge in [-0.05, 0) is 97.4 Å². The summed E-state index contributed by atoms with van der Waals surface area (Å²) >= 11 is 12.9. The van der Waals surface area contributed by atoms with Gasteiger partial charge >= 0.3 is 0 Å². The molecular weight excluding hydrogens is 1060 g/mol. The van der Waals surface area contributed by atoms with Gasteiger partial charge in [0.1, 0.15) is 0 Å². The molecule has 0 bridgehead atoms. The number of pyridine rings is 2. The fourth-order valence-corrected chi connectivity index (χ4v) is 19.5. The Bertz CT molecular complexity index is 2900. The Morgan fingerprint density at radius 2 is 0.985 bits per heavy atom. The van der Waals surface area contributed by atoms with E-state index < -0.39 is 18.6 Å². The van der Waals surface area contributed by atoms with Gasteiger partial charge in [0.05, 0.1) is 45.6 Å². The molecule has 10 rings (SSSR count). The minimum atomic E-state index is -2.35. The van der Waals surface area contributed by atoms with Gasteiger partial charge in [-0.25, -0.2) is 0 Å². The third kappa shape index (κ3) is 9.06. The van der Waals surface area contributed by atoms with E-state index in [0.717, 1.165) is 49.4 Å². The van der Waals surface area contributed by atoms with Gasteiger partial charge in [-0.3, -0.25) is 9.97 Å². The van der Waals surface area contributed by atoms with E-state index in [4.69, 9.17) is 34.5 Å². The average Bonchev–Trinajstić information content (AvgIpc) is 3.62. The van der Waals surface area contributed by atoms with Gasteiger partial charge in [0.25, 0.3) is 0 Å². The second kappa shape index (κ2) is 20.1. The topological polar surface area (TPSA) is 37.8 Å². The molecule has 0 amide bonds. The third-order valence-corrected chi connectivity index (χ3v) is 22.4. The summed E-state index contributed by atoms with van der Waals surface area (Å²) in [5, 5.41) is 4.51. The van der Waals surface area contributed by atoms with Crippen molar-refractivity contribution in [2.75, 3.05) is 0 Å². The van der Waals surface area contributed by atoms with Crippen molar-refractivity contribution < 1.29 is 20.1 Å². The van der Waals surface area contributed by atoms with E-state index in [2.05, 4.69) is 215 Å². The molecule has 0 saturated heterocycles. The molecule has 3 nitrogen and oxygen atoms in total. The van der Waals surface area contributed by atoms with E-state index in [0.29, 0.717) is 0 Å². The summed E-state index contributed by atoms with van der Waals surface area (Å²) in [7, 11) is 0. The summed E-state index contributed by atoms with van der Waals surface area (Å²) < 4.78 is 0. The van der Waals surface area contributed by atoms with Gasteiger partial charge in [-0.2, -0.15) is 23.8 Å². The van der Waals surface area contributed by atoms with Crippen molar-refractivity contribution in [1.82, 2.24) is 14.8 Å². The maximum absolute atomic E-state index is 6.44. The van der Waals surface area contributed by atoms with Crippen molar-refractivity contribution in [1.29, 1.82) is 0 Å². The molecule has 9 aromatic rings. The van der Waals surface area contributed by atoms with Gasteiger partial charge in [-0.1, -0.05) is 140 Å². The van der Waals surface area contributed by atoms with Crippen LogP contribution in [0.3, 0.4) is 0 Å². The molecule has 329 valence electrons. The minimum absolute atomic E-state index is 0. The summed E-state index contributed by atoms with van der Waals surface area (Å²) in [6.45, 7) is 5.94. The standard InChI is InChI=1S/C34H28N2.C24H21NP2S2.Ir/c1-21-9-12-26(25(5)17-21)31-7-6-8-32(36-31)34(33-20-24(4)15-16-35-33)29-13-10-22(2)18-27(29)28-19-23(3)11-14-30(28)34;28-26(21-13-5-1-6-14-21,22-15-7-2-8-16-22)25-27(29,23-17-9-3-10-18-23)24-19-11-4-12-20-24;/h6-11,13,15-20H,1-5H3;1-20H,(H,25,28,29);/q-2;;/t34-;;/m1../s1. The zero-order chi connectivity index (χ0) is 45.2. The number of rotatable bonds is 9. The van der Waals surface area contributed by atoms with Gasteiger partial charge in [0.2, 0.25) is 0 Å². The van der Waals surface area contributed by atoms with Crippen LogP contribution >= 0.6 is 13.2 Å². The predicted molar refractivity (Wildman–Crippen MR) is 282 cm³/mol. The zero-order valence-corrected chi connectivity index (χ0v) is 43.3. The van der Waals surface area contributed by atoms with E-state index in [9.17, 15) is 0 Å². The van der Waals surface area contributed by atoms with E-state index in [1.54, 1.807) is 0 Å². The molecule has 66 heavy (non-hydrogen) atoms. The molecule has 1 N–H and O–H groups in total. The predicted octanol–water partition coefficient (Wildman–Crippen LogP) is 12.3. The maximum Gasteiger partial charge on any atom is 0.0987 e. The van der Waals surface area contributed by atoms with Crippen molar-refractivity contribution in [3.8, 4) is 22.4 Å². The fourth-order valence-electron chi connectivity index (χ4n) is 8.97. The van der Waals surface area contributed by atoms with Crippen LogP contribution in [0.1, 0.15) is 50.3 Å². The minimum Gasteiger partial charge on any atom is -0.523 e. The van der Waals surface area contributed by atoms with Gasteiger partial charge < -0.3 is 24.5 Å². The van der Waals surface area contributed by atoms with E-state index in [1.807, 2.05) is 36.5 Å². The molecule has 0 spiro atoms. The molecule has 2 aromatic heterocycles. The molecule has 7 aromatic carbocycles. The van der Waals surface area contributed by atoms with Crippen molar-refractivity contribution in [2.45, 2.75) is 40.0 Å². The Morgan fingerprint density at radius 1 is 0.485 bits per heavy atom. The SMILES string of the molecule is Cc1ccnc([C@@]2(c3cccc(-c4[c-]cc(C)cc4C)n3)c3[c-]cc(C)cc3-c3cc(C)ccc32)c1.[Ir].[S-][P+](N[P+]([S-])(c1ccccc1)c1ccccc1)(c1ccccc1)c1ccccc1. The average molecular weight is 1110 g/mol. The molecule has 0 saturated carbocycles.